The molecule has 0 aliphatic carbocycles. The van der Waals surface area contributed by atoms with Crippen LogP contribution in [0.15, 0.2) is 12.1 Å². The highest BCUT2D eigenvalue weighted by Gasteiger charge is 2.36. The Morgan fingerprint density at radius 3 is 2.89 bits per heavy atom. The number of H-pyrrole nitrogens is 1. The third kappa shape index (κ3) is 1.61. The number of rotatable bonds is 2. The lowest BCUT2D eigenvalue weighted by Crippen LogP contribution is -2.29. The van der Waals surface area contributed by atoms with E-state index in [2.05, 4.69) is 22.2 Å². The van der Waals surface area contributed by atoms with Crippen molar-refractivity contribution >= 4 is 11.0 Å². The average molecular weight is 251 g/mol. The van der Waals surface area contributed by atoms with Gasteiger partial charge in [-0.15, -0.1) is 0 Å². The highest BCUT2D eigenvalue weighted by atomic mass is 19.1. The van der Waals surface area contributed by atoms with Gasteiger partial charge in [-0.2, -0.15) is 0 Å². The molecule has 1 saturated heterocycles. The van der Waals surface area contributed by atoms with E-state index in [0.29, 0.717) is 5.52 Å². The number of fused-ring (bicyclic) bond motifs is 1. The van der Waals surface area contributed by atoms with Crippen LogP contribution in [0.2, 0.25) is 0 Å². The van der Waals surface area contributed by atoms with Crippen LogP contribution < -0.4 is 5.32 Å². The Hall–Kier alpha value is -1.49. The van der Waals surface area contributed by atoms with Crippen molar-refractivity contribution in [1.82, 2.24) is 15.3 Å². The van der Waals surface area contributed by atoms with E-state index in [4.69, 9.17) is 0 Å². The molecule has 0 amide bonds. The molecule has 1 fully saturated rings. The number of hydrogen-bond acceptors (Lipinski definition) is 2. The van der Waals surface area contributed by atoms with E-state index in [1.807, 2.05) is 0 Å². The topological polar surface area (TPSA) is 40.7 Å². The summed E-state index contributed by atoms with van der Waals surface area (Å²) >= 11 is 0. The number of imidazole rings is 1. The van der Waals surface area contributed by atoms with Gasteiger partial charge in [-0.3, -0.25) is 0 Å². The molecular formula is C13H15F2N3. The molecule has 1 aromatic heterocycles. The van der Waals surface area contributed by atoms with E-state index in [9.17, 15) is 8.78 Å². The Labute approximate surface area is 104 Å². The van der Waals surface area contributed by atoms with Crippen molar-refractivity contribution in [2.75, 3.05) is 13.1 Å². The maximum Gasteiger partial charge on any atom is 0.153 e. The molecule has 2 aromatic rings. The monoisotopic (exact) mass is 251 g/mol. The molecule has 1 aromatic carbocycles. The summed E-state index contributed by atoms with van der Waals surface area (Å²) in [5, 5.41) is 3.31. The first-order valence-corrected chi connectivity index (χ1v) is 6.20. The Balaban J connectivity index is 2.16. The Bertz CT molecular complexity index is 585. The quantitative estimate of drug-likeness (QED) is 0.861. The number of halogens is 2. The van der Waals surface area contributed by atoms with Gasteiger partial charge in [0.2, 0.25) is 0 Å². The molecule has 3 rings (SSSR count). The molecule has 1 aliphatic rings. The summed E-state index contributed by atoms with van der Waals surface area (Å²) in [6, 6.07) is 2.17. The van der Waals surface area contributed by atoms with Crippen molar-refractivity contribution in [2.24, 2.45) is 0 Å². The minimum atomic E-state index is -0.607. The van der Waals surface area contributed by atoms with Crippen LogP contribution in [0.25, 0.3) is 11.0 Å². The van der Waals surface area contributed by atoms with E-state index in [0.717, 1.165) is 37.8 Å². The van der Waals surface area contributed by atoms with Crippen molar-refractivity contribution in [1.29, 1.82) is 0 Å². The van der Waals surface area contributed by atoms with Gasteiger partial charge >= 0.3 is 0 Å². The molecule has 0 saturated carbocycles. The third-order valence-corrected chi connectivity index (χ3v) is 3.93. The summed E-state index contributed by atoms with van der Waals surface area (Å²) in [4.78, 5) is 7.42. The van der Waals surface area contributed by atoms with Gasteiger partial charge in [0.1, 0.15) is 17.2 Å². The van der Waals surface area contributed by atoms with Crippen molar-refractivity contribution in [2.45, 2.75) is 25.2 Å². The number of nitrogens with one attached hydrogen (secondary N) is 2. The van der Waals surface area contributed by atoms with Gasteiger partial charge in [0.05, 0.1) is 5.52 Å². The van der Waals surface area contributed by atoms with E-state index in [1.165, 1.54) is 6.07 Å². The SMILES string of the molecule is CCC1(c2nc3c(F)cc(F)cc3[nH]2)CCNC1. The first-order valence-electron chi connectivity index (χ1n) is 6.20. The maximum atomic E-state index is 13.6. The molecule has 5 heteroatoms. The van der Waals surface area contributed by atoms with Crippen molar-refractivity contribution < 1.29 is 8.78 Å². The van der Waals surface area contributed by atoms with Crippen LogP contribution in [-0.2, 0) is 5.41 Å². The summed E-state index contributed by atoms with van der Waals surface area (Å²) in [6.07, 6.45) is 1.89. The number of aromatic nitrogens is 2. The van der Waals surface area contributed by atoms with Gasteiger partial charge in [0.25, 0.3) is 0 Å². The summed E-state index contributed by atoms with van der Waals surface area (Å²) in [5.41, 5.74) is 0.579. The highest BCUT2D eigenvalue weighted by molar-refractivity contribution is 5.76. The van der Waals surface area contributed by atoms with Gasteiger partial charge in [-0.1, -0.05) is 6.92 Å². The van der Waals surface area contributed by atoms with E-state index < -0.39 is 11.6 Å². The lowest BCUT2D eigenvalue weighted by molar-refractivity contribution is 0.430. The average Bonchev–Trinajstić information content (AvgIpc) is 2.94. The van der Waals surface area contributed by atoms with E-state index in [1.54, 1.807) is 0 Å². The number of benzene rings is 1. The Kier molecular flexibility index (Phi) is 2.59. The van der Waals surface area contributed by atoms with E-state index >= 15 is 0 Å². The van der Waals surface area contributed by atoms with Crippen LogP contribution in [0.4, 0.5) is 8.78 Å². The second kappa shape index (κ2) is 4.02. The highest BCUT2D eigenvalue weighted by Crippen LogP contribution is 2.33. The van der Waals surface area contributed by atoms with Crippen LogP contribution >= 0.6 is 0 Å². The first kappa shape index (κ1) is 11.6. The number of aromatic amines is 1. The van der Waals surface area contributed by atoms with Gasteiger partial charge in [0.15, 0.2) is 5.82 Å². The largest absolute Gasteiger partial charge is 0.341 e. The van der Waals surface area contributed by atoms with Crippen LogP contribution in [0.5, 0.6) is 0 Å². The summed E-state index contributed by atoms with van der Waals surface area (Å²) in [5.74, 6) is -0.426. The summed E-state index contributed by atoms with van der Waals surface area (Å²) < 4.78 is 26.8. The molecule has 0 bridgehead atoms. The second-order valence-electron chi connectivity index (χ2n) is 4.93. The zero-order valence-electron chi connectivity index (χ0n) is 10.2. The van der Waals surface area contributed by atoms with Crippen LogP contribution in [0.3, 0.4) is 0 Å². The second-order valence-corrected chi connectivity index (χ2v) is 4.93. The molecule has 18 heavy (non-hydrogen) atoms. The molecule has 0 radical (unpaired) electrons. The normalized spacial score (nSPS) is 23.9. The molecule has 0 spiro atoms. The van der Waals surface area contributed by atoms with Gasteiger partial charge in [-0.25, -0.2) is 13.8 Å². The molecule has 1 aliphatic heterocycles. The lowest BCUT2D eigenvalue weighted by atomic mass is 9.83. The smallest absolute Gasteiger partial charge is 0.153 e. The van der Waals surface area contributed by atoms with Crippen LogP contribution in [-0.4, -0.2) is 23.1 Å². The molecular weight excluding hydrogens is 236 g/mol. The first-order chi connectivity index (χ1) is 8.64. The summed E-state index contributed by atoms with van der Waals surface area (Å²) in [6.45, 7) is 3.85. The minimum Gasteiger partial charge on any atom is -0.341 e. The molecule has 1 atom stereocenters. The zero-order chi connectivity index (χ0) is 12.8. The van der Waals surface area contributed by atoms with Gasteiger partial charge in [-0.05, 0) is 25.5 Å². The van der Waals surface area contributed by atoms with Gasteiger partial charge < -0.3 is 10.3 Å². The standard InChI is InChI=1S/C13H15F2N3/c1-2-13(3-4-16-7-13)12-17-10-6-8(14)5-9(15)11(10)18-12/h5-6,16H,2-4,7H2,1H3,(H,17,18). The predicted molar refractivity (Wildman–Crippen MR) is 65.5 cm³/mol. The Morgan fingerprint density at radius 1 is 1.39 bits per heavy atom. The minimum absolute atomic E-state index is 0.0814. The fourth-order valence-corrected chi connectivity index (χ4v) is 2.71. The molecule has 1 unspecified atom stereocenters. The molecule has 3 nitrogen and oxygen atoms in total. The van der Waals surface area contributed by atoms with Crippen LogP contribution in [0.1, 0.15) is 25.6 Å². The Morgan fingerprint density at radius 2 is 2.22 bits per heavy atom. The molecule has 2 N–H and O–H groups in total. The van der Waals surface area contributed by atoms with E-state index in [-0.39, 0.29) is 10.9 Å². The predicted octanol–water partition coefficient (Wildman–Crippen LogP) is 2.48. The summed E-state index contributed by atoms with van der Waals surface area (Å²) in [7, 11) is 0. The van der Waals surface area contributed by atoms with Gasteiger partial charge in [0, 0.05) is 18.0 Å². The molecule has 2 heterocycles. The van der Waals surface area contributed by atoms with Crippen molar-refractivity contribution in [3.63, 3.8) is 0 Å². The molecule has 96 valence electrons. The maximum absolute atomic E-state index is 13.6. The fourth-order valence-electron chi connectivity index (χ4n) is 2.71. The third-order valence-electron chi connectivity index (χ3n) is 3.93. The lowest BCUT2D eigenvalue weighted by Gasteiger charge is -2.23. The van der Waals surface area contributed by atoms with Crippen LogP contribution in [0, 0.1) is 11.6 Å². The fraction of sp³-hybridized carbons (Fsp3) is 0.462. The van der Waals surface area contributed by atoms with Crippen molar-refractivity contribution in [3.05, 3.63) is 29.6 Å². The zero-order valence-corrected chi connectivity index (χ0v) is 10.2. The number of hydrogen-bond donors (Lipinski definition) is 2. The number of nitrogens with zero attached hydrogens (tertiary/aromatic N) is 1. The van der Waals surface area contributed by atoms with Crippen molar-refractivity contribution in [3.8, 4) is 0 Å².